The molecule has 0 unspecified atom stereocenters. The van der Waals surface area contributed by atoms with Crippen LogP contribution in [0.4, 0.5) is 0 Å². The molecule has 1 heteroatoms. The lowest BCUT2D eigenvalue weighted by molar-refractivity contribution is 1.55. The summed E-state index contributed by atoms with van der Waals surface area (Å²) in [5.74, 6) is 1.66. The maximum atomic E-state index is 5.67. The van der Waals surface area contributed by atoms with Gasteiger partial charge in [0.25, 0.3) is 0 Å². The van der Waals surface area contributed by atoms with Gasteiger partial charge < -0.3 is 0 Å². The highest BCUT2D eigenvalue weighted by atomic mass is 14.0. The Morgan fingerprint density at radius 2 is 1.13 bits per heavy atom. The van der Waals surface area contributed by atoms with Gasteiger partial charge in [0.05, 0.1) is 0 Å². The van der Waals surface area contributed by atoms with E-state index in [-0.39, 0.29) is 0 Å². The van der Waals surface area contributed by atoms with E-state index in [1.165, 1.54) is 0 Å². The van der Waals surface area contributed by atoms with Crippen molar-refractivity contribution in [1.82, 2.24) is 0 Å². The van der Waals surface area contributed by atoms with Crippen LogP contribution >= 0.6 is 0 Å². The maximum Gasteiger partial charge on any atom is 0.103 e. The Labute approximate surface area is 91.7 Å². The molecule has 2 rings (SSSR count). The summed E-state index contributed by atoms with van der Waals surface area (Å²) in [4.78, 5) is 0. The van der Waals surface area contributed by atoms with Gasteiger partial charge in [0.1, 0.15) is 7.85 Å². The predicted octanol–water partition coefficient (Wildman–Crippen LogP) is 3.24. The third-order valence-electron chi connectivity index (χ3n) is 2.34. The largest absolute Gasteiger partial charge is 0.123 e. The molecule has 2 aromatic rings. The van der Waals surface area contributed by atoms with Gasteiger partial charge in [0.2, 0.25) is 0 Å². The van der Waals surface area contributed by atoms with Crippen LogP contribution in [0.25, 0.3) is 5.57 Å². The van der Waals surface area contributed by atoms with E-state index in [2.05, 4.69) is 24.3 Å². The van der Waals surface area contributed by atoms with E-state index in [1.807, 2.05) is 36.4 Å². The minimum absolute atomic E-state index is 1.07. The summed E-state index contributed by atoms with van der Waals surface area (Å²) < 4.78 is 0. The first-order valence-corrected chi connectivity index (χ1v) is 4.94. The zero-order chi connectivity index (χ0) is 10.5. The monoisotopic (exact) mass is 190 g/mol. The lowest BCUT2D eigenvalue weighted by Crippen LogP contribution is -1.87. The van der Waals surface area contributed by atoms with Gasteiger partial charge in [-0.25, -0.2) is 0 Å². The van der Waals surface area contributed by atoms with Gasteiger partial charge in [-0.2, -0.15) is 0 Å². The molecule has 0 N–H and O–H groups in total. The Hall–Kier alpha value is -1.76. The van der Waals surface area contributed by atoms with Crippen molar-refractivity contribution in [2.75, 3.05) is 0 Å². The van der Waals surface area contributed by atoms with Gasteiger partial charge in [-0.1, -0.05) is 60.7 Å². The summed E-state index contributed by atoms with van der Waals surface area (Å²) in [6.45, 7) is 0. The van der Waals surface area contributed by atoms with Crippen LogP contribution in [0, 0.1) is 0 Å². The molecule has 0 heterocycles. The number of benzene rings is 2. The van der Waals surface area contributed by atoms with E-state index in [9.17, 15) is 0 Å². The average Bonchev–Trinajstić information content (AvgIpc) is 2.33. The molecule has 0 fully saturated rings. The highest BCUT2D eigenvalue weighted by Gasteiger charge is 2.00. The van der Waals surface area contributed by atoms with Crippen LogP contribution in [0.3, 0.4) is 0 Å². The SMILES string of the molecule is [B]C=C(c1ccccc1)c1ccccc1. The Morgan fingerprint density at radius 3 is 1.47 bits per heavy atom. The molecule has 0 aliphatic heterocycles. The molecule has 0 amide bonds. The fourth-order valence-corrected chi connectivity index (χ4v) is 1.59. The number of rotatable bonds is 2. The van der Waals surface area contributed by atoms with Gasteiger partial charge in [-0.3, -0.25) is 0 Å². The van der Waals surface area contributed by atoms with Gasteiger partial charge in [-0.15, -0.1) is 5.98 Å². The van der Waals surface area contributed by atoms with Crippen LogP contribution in [0.2, 0.25) is 0 Å². The van der Waals surface area contributed by atoms with Crippen LogP contribution in [-0.2, 0) is 0 Å². The summed E-state index contributed by atoms with van der Waals surface area (Å²) in [5, 5.41) is 0. The number of hydrogen-bond donors (Lipinski definition) is 0. The van der Waals surface area contributed by atoms with Gasteiger partial charge in [0, 0.05) is 0 Å². The highest BCUT2D eigenvalue weighted by Crippen LogP contribution is 2.21. The predicted molar refractivity (Wildman–Crippen MR) is 65.7 cm³/mol. The van der Waals surface area contributed by atoms with E-state index >= 15 is 0 Å². The fraction of sp³-hybridized carbons (Fsp3) is 0. The van der Waals surface area contributed by atoms with Crippen LogP contribution in [0.15, 0.2) is 66.6 Å². The minimum atomic E-state index is 1.07. The molecule has 0 aliphatic rings. The first kappa shape index (κ1) is 9.79. The molecule has 70 valence electrons. The Morgan fingerprint density at radius 1 is 0.733 bits per heavy atom. The lowest BCUT2D eigenvalue weighted by Gasteiger charge is -2.07. The second-order valence-electron chi connectivity index (χ2n) is 3.31. The van der Waals surface area contributed by atoms with Gasteiger partial charge >= 0.3 is 0 Å². The molecule has 2 aromatic carbocycles. The van der Waals surface area contributed by atoms with Crippen molar-refractivity contribution in [2.24, 2.45) is 0 Å². The van der Waals surface area contributed by atoms with Crippen molar-refractivity contribution in [3.63, 3.8) is 0 Å². The number of hydrogen-bond acceptors (Lipinski definition) is 0. The average molecular weight is 190 g/mol. The maximum absolute atomic E-state index is 5.67. The first-order valence-electron chi connectivity index (χ1n) is 4.94. The van der Waals surface area contributed by atoms with Crippen molar-refractivity contribution in [2.45, 2.75) is 0 Å². The Kier molecular flexibility index (Phi) is 3.03. The lowest BCUT2D eigenvalue weighted by atomic mass is 9.92. The van der Waals surface area contributed by atoms with Crippen molar-refractivity contribution in [1.29, 1.82) is 0 Å². The molecule has 15 heavy (non-hydrogen) atoms. The quantitative estimate of drug-likeness (QED) is 0.637. The molecule has 0 nitrogen and oxygen atoms in total. The van der Waals surface area contributed by atoms with Crippen molar-refractivity contribution >= 4 is 13.4 Å². The van der Waals surface area contributed by atoms with Gasteiger partial charge in [0.15, 0.2) is 0 Å². The third kappa shape index (κ3) is 2.19. The normalized spacial score (nSPS) is 9.60. The molecular weight excluding hydrogens is 179 g/mol. The second kappa shape index (κ2) is 4.65. The Balaban J connectivity index is 2.44. The standard InChI is InChI=1S/C14H11B/c15-11-14(12-7-3-1-4-8-12)13-9-5-2-6-10-13/h1-11H. The van der Waals surface area contributed by atoms with E-state index in [4.69, 9.17) is 7.85 Å². The van der Waals surface area contributed by atoms with E-state index in [1.54, 1.807) is 5.98 Å². The summed E-state index contributed by atoms with van der Waals surface area (Å²) >= 11 is 0. The van der Waals surface area contributed by atoms with E-state index in [0.29, 0.717) is 0 Å². The topological polar surface area (TPSA) is 0 Å². The molecule has 0 bridgehead atoms. The zero-order valence-electron chi connectivity index (χ0n) is 8.43. The zero-order valence-corrected chi connectivity index (χ0v) is 8.43. The third-order valence-corrected chi connectivity index (χ3v) is 2.34. The molecule has 0 spiro atoms. The molecule has 0 atom stereocenters. The van der Waals surface area contributed by atoms with Crippen LogP contribution in [0.5, 0.6) is 0 Å². The van der Waals surface area contributed by atoms with E-state index in [0.717, 1.165) is 16.7 Å². The fourth-order valence-electron chi connectivity index (χ4n) is 1.59. The highest BCUT2D eigenvalue weighted by molar-refractivity contribution is 6.21. The van der Waals surface area contributed by atoms with Crippen molar-refractivity contribution in [3.8, 4) is 0 Å². The summed E-state index contributed by atoms with van der Waals surface area (Å²) in [5.41, 5.74) is 3.36. The first-order chi connectivity index (χ1) is 7.42. The van der Waals surface area contributed by atoms with E-state index < -0.39 is 0 Å². The molecular formula is C14H11B. The molecule has 0 saturated carbocycles. The van der Waals surface area contributed by atoms with Crippen molar-refractivity contribution < 1.29 is 0 Å². The van der Waals surface area contributed by atoms with Crippen LogP contribution in [0.1, 0.15) is 11.1 Å². The molecule has 0 aliphatic carbocycles. The summed E-state index contributed by atoms with van der Waals surface area (Å²) in [6.07, 6.45) is 0. The summed E-state index contributed by atoms with van der Waals surface area (Å²) in [6, 6.07) is 20.3. The molecule has 2 radical (unpaired) electrons. The smallest absolute Gasteiger partial charge is 0.103 e. The minimum Gasteiger partial charge on any atom is -0.123 e. The molecule has 0 saturated heterocycles. The summed E-state index contributed by atoms with van der Waals surface area (Å²) in [7, 11) is 5.67. The van der Waals surface area contributed by atoms with Crippen LogP contribution in [-0.4, -0.2) is 7.85 Å². The Bertz CT molecular complexity index is 402. The van der Waals surface area contributed by atoms with Crippen molar-refractivity contribution in [3.05, 3.63) is 77.8 Å². The second-order valence-corrected chi connectivity index (χ2v) is 3.31. The van der Waals surface area contributed by atoms with Crippen LogP contribution < -0.4 is 0 Å². The molecule has 0 aromatic heterocycles. The van der Waals surface area contributed by atoms with Gasteiger partial charge in [-0.05, 0) is 16.7 Å².